The van der Waals surface area contributed by atoms with E-state index < -0.39 is 34.0 Å². The first-order valence-corrected chi connectivity index (χ1v) is 9.73. The van der Waals surface area contributed by atoms with Crippen molar-refractivity contribution in [2.75, 3.05) is 0 Å². The molecule has 0 heterocycles. The van der Waals surface area contributed by atoms with Crippen molar-refractivity contribution < 1.29 is 39.6 Å². The molecule has 2 aromatic rings. The Labute approximate surface area is 179 Å². The minimum Gasteiger partial charge on any atom is -0.391 e. The Hall–Kier alpha value is -2.60. The lowest BCUT2D eigenvalue weighted by molar-refractivity contribution is -0.138. The van der Waals surface area contributed by atoms with Gasteiger partial charge in [-0.2, -0.15) is 39.5 Å². The number of rotatable bonds is 5. The van der Waals surface area contributed by atoms with Crippen LogP contribution in [-0.2, 0) is 34.3 Å². The van der Waals surface area contributed by atoms with E-state index in [1.54, 1.807) is 6.92 Å². The van der Waals surface area contributed by atoms with E-state index in [1.165, 1.54) is 12.1 Å². The fourth-order valence-electron chi connectivity index (χ4n) is 2.28. The molecule has 13 heteroatoms. The van der Waals surface area contributed by atoms with Crippen molar-refractivity contribution in [2.24, 2.45) is 5.16 Å². The molecule has 0 aliphatic heterocycles. The van der Waals surface area contributed by atoms with E-state index in [4.69, 9.17) is 29.6 Å². The normalized spacial score (nSPS) is 12.1. The van der Waals surface area contributed by atoms with Gasteiger partial charge in [-0.1, -0.05) is 35.8 Å². The average molecular weight is 489 g/mol. The Bertz CT molecular complexity index is 1010. The highest BCUT2D eigenvalue weighted by molar-refractivity contribution is 7.60. The number of hydrogen-bond acceptors (Lipinski definition) is 5. The summed E-state index contributed by atoms with van der Waals surface area (Å²) in [5, 5.41) is 3.84. The highest BCUT2D eigenvalue weighted by atomic mass is 35.5. The summed E-state index contributed by atoms with van der Waals surface area (Å²) >= 11 is 5.79. The van der Waals surface area contributed by atoms with E-state index in [2.05, 4.69) is 5.16 Å². The van der Waals surface area contributed by atoms with Crippen molar-refractivity contribution in [1.82, 2.24) is 0 Å². The molecule has 0 atom stereocenters. The lowest BCUT2D eigenvalue weighted by atomic mass is 10.0. The number of nitrogens with zero attached hydrogens (tertiary/aromatic N) is 1. The van der Waals surface area contributed by atoms with Gasteiger partial charge in [0, 0.05) is 10.6 Å². The maximum Gasteiger partial charge on any atom is 0.417 e. The minimum absolute atomic E-state index is 0.0248. The van der Waals surface area contributed by atoms with Crippen molar-refractivity contribution in [1.29, 1.82) is 4.78 Å². The van der Waals surface area contributed by atoms with E-state index >= 15 is 0 Å². The molecule has 0 aromatic heterocycles. The molecule has 0 unspecified atom stereocenters. The van der Waals surface area contributed by atoms with Gasteiger partial charge < -0.3 is 4.84 Å². The molecule has 0 bridgehead atoms. The van der Waals surface area contributed by atoms with Crippen molar-refractivity contribution in [2.45, 2.75) is 32.3 Å². The van der Waals surface area contributed by atoms with Gasteiger partial charge >= 0.3 is 22.9 Å². The first kappa shape index (κ1) is 26.4. The molecule has 2 rings (SSSR count). The molecule has 170 valence electrons. The summed E-state index contributed by atoms with van der Waals surface area (Å²) in [4.78, 5) is 5.06. The number of alkyl halides is 6. The fraction of sp³-hybridized carbons (Fsp3) is 0.278. The molecular weight excluding hydrogens is 474 g/mol. The molecule has 0 fully saturated rings. The summed E-state index contributed by atoms with van der Waals surface area (Å²) < 4.78 is 99.9. The molecule has 0 spiro atoms. The third-order valence-corrected chi connectivity index (χ3v) is 3.86. The van der Waals surface area contributed by atoms with Crippen LogP contribution in [0.5, 0.6) is 0 Å². The van der Waals surface area contributed by atoms with E-state index in [0.717, 1.165) is 30.3 Å². The van der Waals surface area contributed by atoms with Crippen LogP contribution in [0.2, 0.25) is 5.02 Å². The highest BCUT2D eigenvalue weighted by Crippen LogP contribution is 2.34. The maximum absolute atomic E-state index is 13.2. The number of oxime groups is 1. The number of nitrogens with one attached hydrogen (secondary N) is 1. The smallest absolute Gasteiger partial charge is 0.391 e. The van der Waals surface area contributed by atoms with Crippen LogP contribution < -0.4 is 0 Å². The number of hydrogen-bond donors (Lipinski definition) is 1. The third kappa shape index (κ3) is 8.97. The molecule has 0 aliphatic rings. The van der Waals surface area contributed by atoms with Crippen molar-refractivity contribution in [3.05, 3.63) is 69.7 Å². The van der Waals surface area contributed by atoms with Gasteiger partial charge in [0.2, 0.25) is 0 Å². The van der Waals surface area contributed by atoms with Crippen LogP contribution in [0.3, 0.4) is 0 Å². The summed E-state index contributed by atoms with van der Waals surface area (Å²) in [5.41, 5.74) is -1.49. The molecule has 0 aliphatic carbocycles. The molecule has 0 saturated heterocycles. The summed E-state index contributed by atoms with van der Waals surface area (Å²) in [5.74, 6) is 0. The molecule has 2 aromatic carbocycles. The van der Waals surface area contributed by atoms with E-state index in [1.807, 2.05) is 0 Å². The highest BCUT2D eigenvalue weighted by Gasteiger charge is 2.34. The first-order chi connectivity index (χ1) is 14.3. The Kier molecular flexibility index (Phi) is 9.50. The van der Waals surface area contributed by atoms with E-state index in [0.29, 0.717) is 5.56 Å². The topological polar surface area (TPSA) is 79.6 Å². The summed E-state index contributed by atoms with van der Waals surface area (Å²) in [6, 6.07) is 7.34. The van der Waals surface area contributed by atoms with E-state index in [9.17, 15) is 26.3 Å². The second-order valence-corrected chi connectivity index (χ2v) is 6.69. The predicted octanol–water partition coefficient (Wildman–Crippen LogP) is 6.34. The quantitative estimate of drug-likeness (QED) is 0.303. The Morgan fingerprint density at radius 3 is 2.03 bits per heavy atom. The zero-order chi connectivity index (χ0) is 23.8. The summed E-state index contributed by atoms with van der Waals surface area (Å²) in [6.07, 6.45) is -8.91. The maximum atomic E-state index is 13.2. The Balaban J connectivity index is 0.00000110. The second kappa shape index (κ2) is 11.1. The predicted molar refractivity (Wildman–Crippen MR) is 101 cm³/mol. The molecular formula is C18H15ClF6N2O3S. The van der Waals surface area contributed by atoms with Gasteiger partial charge in [-0.15, -0.1) is 0 Å². The van der Waals surface area contributed by atoms with Gasteiger partial charge in [0.25, 0.3) is 0 Å². The van der Waals surface area contributed by atoms with Crippen molar-refractivity contribution >= 4 is 27.8 Å². The fourth-order valence-corrected chi connectivity index (χ4v) is 2.45. The average Bonchev–Trinajstić information content (AvgIpc) is 2.63. The van der Waals surface area contributed by atoms with Gasteiger partial charge in [-0.25, -0.2) is 0 Å². The van der Waals surface area contributed by atoms with Crippen LogP contribution in [0.1, 0.15) is 35.6 Å². The number of benzene rings is 2. The van der Waals surface area contributed by atoms with Gasteiger partial charge in [0.05, 0.1) is 16.8 Å². The third-order valence-electron chi connectivity index (χ3n) is 3.62. The molecule has 0 radical (unpaired) electrons. The lowest BCUT2D eigenvalue weighted by Gasteiger charge is -2.14. The molecule has 1 N–H and O–H groups in total. The SMILES string of the molecule is CC/C(=N\OCc1ccc(C(F)(F)F)cc1)c1cc(Cl)ccc1C(F)(F)F.N=S(=O)=O. The van der Waals surface area contributed by atoms with Gasteiger partial charge in [0.15, 0.2) is 0 Å². The van der Waals surface area contributed by atoms with Crippen LogP contribution in [0.4, 0.5) is 26.3 Å². The minimum atomic E-state index is -4.59. The second-order valence-electron chi connectivity index (χ2n) is 5.78. The lowest BCUT2D eigenvalue weighted by Crippen LogP contribution is -2.13. The van der Waals surface area contributed by atoms with Crippen LogP contribution in [0.25, 0.3) is 0 Å². The van der Waals surface area contributed by atoms with Crippen LogP contribution in [0, 0.1) is 4.78 Å². The van der Waals surface area contributed by atoms with Crippen molar-refractivity contribution in [3.63, 3.8) is 0 Å². The van der Waals surface area contributed by atoms with Gasteiger partial charge in [0.1, 0.15) is 6.61 Å². The zero-order valence-corrected chi connectivity index (χ0v) is 17.3. The van der Waals surface area contributed by atoms with Crippen LogP contribution >= 0.6 is 11.6 Å². The Morgan fingerprint density at radius 2 is 1.58 bits per heavy atom. The van der Waals surface area contributed by atoms with Crippen molar-refractivity contribution in [3.8, 4) is 0 Å². The standard InChI is InChI=1S/C18H14ClF6NO.HNO2S/c1-2-16(14-9-13(19)7-8-15(14)18(23,24)25)26-27-10-11-3-5-12(6-4-11)17(20,21)22;1-4(2)3/h3-9H,2,10H2,1H3;1H/b26-16+;. The molecule has 0 amide bonds. The molecule has 31 heavy (non-hydrogen) atoms. The van der Waals surface area contributed by atoms with Crippen LogP contribution in [-0.4, -0.2) is 14.1 Å². The monoisotopic (exact) mass is 488 g/mol. The molecule has 0 saturated carbocycles. The largest absolute Gasteiger partial charge is 0.417 e. The van der Waals surface area contributed by atoms with Crippen LogP contribution in [0.15, 0.2) is 47.6 Å². The summed E-state index contributed by atoms with van der Waals surface area (Å²) in [7, 11) is -2.61. The first-order valence-electron chi connectivity index (χ1n) is 8.28. The zero-order valence-electron chi connectivity index (χ0n) is 15.7. The molecule has 5 nitrogen and oxygen atoms in total. The number of halogens is 7. The summed E-state index contributed by atoms with van der Waals surface area (Å²) in [6.45, 7) is 1.41. The van der Waals surface area contributed by atoms with E-state index in [-0.39, 0.29) is 29.3 Å². The van der Waals surface area contributed by atoms with Gasteiger partial charge in [-0.05, 0) is 42.3 Å². The van der Waals surface area contributed by atoms with Gasteiger partial charge in [-0.3, -0.25) is 0 Å². The Morgan fingerprint density at radius 1 is 1.03 bits per heavy atom.